The number of halogens is 3. The summed E-state index contributed by atoms with van der Waals surface area (Å²) in [6, 6.07) is 6.01. The molecule has 0 aliphatic heterocycles. The van der Waals surface area contributed by atoms with Crippen LogP contribution in [-0.4, -0.2) is 27.5 Å². The fraction of sp³-hybridized carbons (Fsp3) is 0.211. The number of hydrogen-bond acceptors (Lipinski definition) is 4. The van der Waals surface area contributed by atoms with Crippen LogP contribution in [0.5, 0.6) is 5.75 Å². The number of ketones is 1. The number of carbonyl (C=O) groups is 1. The van der Waals surface area contributed by atoms with Gasteiger partial charge < -0.3 is 4.74 Å². The predicted octanol–water partition coefficient (Wildman–Crippen LogP) is 4.27. The minimum atomic E-state index is -4.56. The molecular formula is C19H16F3N3O2. The Morgan fingerprint density at radius 1 is 1.22 bits per heavy atom. The second-order valence-corrected chi connectivity index (χ2v) is 5.96. The maximum atomic E-state index is 13.1. The third-order valence-electron chi connectivity index (χ3n) is 4.05. The molecule has 3 aromatic rings. The standard InChI is InChI=1S/C19H16F3N3O2/c1-11-4-5-14(16(10-11)27-3)15(26)7-6-13-12(2)24-25-17(19(20,21)22)8-9-23-18(13)25/h4-10H,1-3H3/b7-6+. The van der Waals surface area contributed by atoms with Crippen molar-refractivity contribution in [3.05, 3.63) is 64.6 Å². The number of fused-ring (bicyclic) bond motifs is 1. The van der Waals surface area contributed by atoms with Gasteiger partial charge in [-0.1, -0.05) is 6.07 Å². The SMILES string of the molecule is COc1cc(C)ccc1C(=O)/C=C/c1c(C)nn2c(C(F)(F)F)ccnc12. The summed E-state index contributed by atoms with van der Waals surface area (Å²) >= 11 is 0. The Kier molecular flexibility index (Phi) is 4.73. The van der Waals surface area contributed by atoms with Gasteiger partial charge in [-0.3, -0.25) is 4.79 Å². The Hall–Kier alpha value is -3.16. The monoisotopic (exact) mass is 375 g/mol. The van der Waals surface area contributed by atoms with Crippen molar-refractivity contribution >= 4 is 17.5 Å². The van der Waals surface area contributed by atoms with Crippen LogP contribution in [0.1, 0.15) is 32.9 Å². The van der Waals surface area contributed by atoms with Crippen molar-refractivity contribution in [3.8, 4) is 5.75 Å². The number of ether oxygens (including phenoxy) is 1. The lowest BCUT2D eigenvalue weighted by Gasteiger charge is -2.07. The summed E-state index contributed by atoms with van der Waals surface area (Å²) in [5.41, 5.74) is 1.08. The molecule has 3 rings (SSSR count). The number of benzene rings is 1. The largest absolute Gasteiger partial charge is 0.496 e. The number of rotatable bonds is 4. The number of hydrogen-bond donors (Lipinski definition) is 0. The molecule has 0 unspecified atom stereocenters. The minimum Gasteiger partial charge on any atom is -0.496 e. The summed E-state index contributed by atoms with van der Waals surface area (Å²) in [7, 11) is 1.47. The molecular weight excluding hydrogens is 359 g/mol. The molecule has 1 aromatic carbocycles. The minimum absolute atomic E-state index is 0.0299. The van der Waals surface area contributed by atoms with E-state index in [2.05, 4.69) is 10.1 Å². The first kappa shape index (κ1) is 18.6. The topological polar surface area (TPSA) is 56.5 Å². The maximum absolute atomic E-state index is 13.1. The molecule has 0 bridgehead atoms. The molecule has 140 valence electrons. The van der Waals surface area contributed by atoms with Gasteiger partial charge in [0.15, 0.2) is 11.4 Å². The fourth-order valence-electron chi connectivity index (χ4n) is 2.73. The Bertz CT molecular complexity index is 1050. The van der Waals surface area contributed by atoms with Gasteiger partial charge in [0.2, 0.25) is 0 Å². The zero-order valence-corrected chi connectivity index (χ0v) is 14.8. The van der Waals surface area contributed by atoms with E-state index in [0.29, 0.717) is 22.6 Å². The zero-order valence-electron chi connectivity index (χ0n) is 14.8. The third-order valence-corrected chi connectivity index (χ3v) is 4.05. The van der Waals surface area contributed by atoms with Gasteiger partial charge in [-0.15, -0.1) is 0 Å². The molecule has 0 saturated heterocycles. The van der Waals surface area contributed by atoms with Gasteiger partial charge in [0.1, 0.15) is 11.4 Å². The lowest BCUT2D eigenvalue weighted by Crippen LogP contribution is -2.12. The van der Waals surface area contributed by atoms with Crippen LogP contribution in [0, 0.1) is 13.8 Å². The Balaban J connectivity index is 2.02. The van der Waals surface area contributed by atoms with Crippen LogP contribution in [-0.2, 0) is 6.18 Å². The molecule has 2 aromatic heterocycles. The highest BCUT2D eigenvalue weighted by Gasteiger charge is 2.34. The van der Waals surface area contributed by atoms with Crippen LogP contribution in [0.4, 0.5) is 13.2 Å². The van der Waals surface area contributed by atoms with Crippen molar-refractivity contribution in [3.63, 3.8) is 0 Å². The molecule has 0 aliphatic rings. The molecule has 0 aliphatic carbocycles. The first-order valence-corrected chi connectivity index (χ1v) is 8.01. The van der Waals surface area contributed by atoms with Crippen LogP contribution in [0.25, 0.3) is 11.7 Å². The Morgan fingerprint density at radius 3 is 2.63 bits per heavy atom. The van der Waals surface area contributed by atoms with Crippen LogP contribution in [0.15, 0.2) is 36.5 Å². The average molecular weight is 375 g/mol. The maximum Gasteiger partial charge on any atom is 0.433 e. The second-order valence-electron chi connectivity index (χ2n) is 5.96. The lowest BCUT2D eigenvalue weighted by atomic mass is 10.1. The molecule has 27 heavy (non-hydrogen) atoms. The van der Waals surface area contributed by atoms with E-state index >= 15 is 0 Å². The van der Waals surface area contributed by atoms with Crippen molar-refractivity contribution in [2.24, 2.45) is 0 Å². The van der Waals surface area contributed by atoms with Gasteiger partial charge in [0.25, 0.3) is 0 Å². The summed E-state index contributed by atoms with van der Waals surface area (Å²) in [4.78, 5) is 16.5. The second kappa shape index (κ2) is 6.86. The van der Waals surface area contributed by atoms with E-state index in [-0.39, 0.29) is 11.4 Å². The predicted molar refractivity (Wildman–Crippen MR) is 93.8 cm³/mol. The highest BCUT2D eigenvalue weighted by Crippen LogP contribution is 2.30. The summed E-state index contributed by atoms with van der Waals surface area (Å²) in [6.45, 7) is 3.43. The lowest BCUT2D eigenvalue weighted by molar-refractivity contribution is -0.142. The van der Waals surface area contributed by atoms with Crippen molar-refractivity contribution in [1.29, 1.82) is 0 Å². The van der Waals surface area contributed by atoms with Gasteiger partial charge in [-0.25, -0.2) is 9.50 Å². The van der Waals surface area contributed by atoms with E-state index in [1.807, 2.05) is 6.92 Å². The van der Waals surface area contributed by atoms with Gasteiger partial charge >= 0.3 is 6.18 Å². The number of methoxy groups -OCH3 is 1. The van der Waals surface area contributed by atoms with E-state index in [9.17, 15) is 18.0 Å². The van der Waals surface area contributed by atoms with E-state index in [0.717, 1.165) is 22.3 Å². The highest BCUT2D eigenvalue weighted by atomic mass is 19.4. The van der Waals surface area contributed by atoms with Crippen LogP contribution >= 0.6 is 0 Å². The number of allylic oxidation sites excluding steroid dienone is 1. The summed E-state index contributed by atoms with van der Waals surface area (Å²) in [6.07, 6.45) is -0.793. The third kappa shape index (κ3) is 3.55. The molecule has 0 spiro atoms. The average Bonchev–Trinajstić information content (AvgIpc) is 2.93. The normalized spacial score (nSPS) is 12.1. The molecule has 2 heterocycles. The van der Waals surface area contributed by atoms with Crippen LogP contribution in [0.2, 0.25) is 0 Å². The molecule has 0 fully saturated rings. The summed E-state index contributed by atoms with van der Waals surface area (Å²) in [5, 5.41) is 3.92. The number of aryl methyl sites for hydroxylation is 2. The molecule has 0 saturated carbocycles. The van der Waals surface area contributed by atoms with Crippen molar-refractivity contribution in [1.82, 2.24) is 14.6 Å². The van der Waals surface area contributed by atoms with Gasteiger partial charge in [0.05, 0.1) is 18.4 Å². The Labute approximate surface area is 153 Å². The van der Waals surface area contributed by atoms with E-state index in [4.69, 9.17) is 4.74 Å². The number of nitrogens with zero attached hydrogens (tertiary/aromatic N) is 3. The smallest absolute Gasteiger partial charge is 0.433 e. The van der Waals surface area contributed by atoms with Crippen molar-refractivity contribution in [2.75, 3.05) is 7.11 Å². The summed E-state index contributed by atoms with van der Waals surface area (Å²) < 4.78 is 45.4. The van der Waals surface area contributed by atoms with Gasteiger partial charge in [-0.2, -0.15) is 18.3 Å². The molecule has 8 heteroatoms. The molecule has 0 N–H and O–H groups in total. The highest BCUT2D eigenvalue weighted by molar-refractivity contribution is 6.09. The van der Waals surface area contributed by atoms with Crippen molar-refractivity contribution < 1.29 is 22.7 Å². The molecule has 0 atom stereocenters. The zero-order chi connectivity index (χ0) is 19.8. The first-order chi connectivity index (χ1) is 12.7. The van der Waals surface area contributed by atoms with Crippen LogP contribution in [0.3, 0.4) is 0 Å². The number of aromatic nitrogens is 3. The van der Waals surface area contributed by atoms with E-state index in [1.165, 1.54) is 19.3 Å². The quantitative estimate of drug-likeness (QED) is 0.505. The molecule has 0 amide bonds. The number of carbonyl (C=O) groups excluding carboxylic acids is 1. The van der Waals surface area contributed by atoms with Gasteiger partial charge in [-0.05, 0) is 49.8 Å². The van der Waals surface area contributed by atoms with Crippen molar-refractivity contribution in [2.45, 2.75) is 20.0 Å². The molecule has 5 nitrogen and oxygen atoms in total. The number of alkyl halides is 3. The molecule has 0 radical (unpaired) electrons. The van der Waals surface area contributed by atoms with Crippen LogP contribution < -0.4 is 4.74 Å². The van der Waals surface area contributed by atoms with E-state index < -0.39 is 11.9 Å². The summed E-state index contributed by atoms with van der Waals surface area (Å²) in [5.74, 6) is 0.0938. The fourth-order valence-corrected chi connectivity index (χ4v) is 2.73. The van der Waals surface area contributed by atoms with E-state index in [1.54, 1.807) is 25.1 Å². The Morgan fingerprint density at radius 2 is 1.96 bits per heavy atom. The first-order valence-electron chi connectivity index (χ1n) is 8.01. The van der Waals surface area contributed by atoms with Gasteiger partial charge in [0, 0.05) is 11.8 Å².